The normalized spacial score (nSPS) is 19.6. The lowest BCUT2D eigenvalue weighted by atomic mass is 9.88. The number of benzene rings is 1. The number of halogens is 1. The minimum atomic E-state index is -0.491. The summed E-state index contributed by atoms with van der Waals surface area (Å²) in [5.74, 6) is -0.156. The van der Waals surface area contributed by atoms with Crippen molar-refractivity contribution in [3.05, 3.63) is 30.1 Å². The lowest BCUT2D eigenvalue weighted by molar-refractivity contribution is -0.139. The van der Waals surface area contributed by atoms with Crippen LogP contribution in [0.3, 0.4) is 0 Å². The first-order valence-corrected chi connectivity index (χ1v) is 10.6. The highest BCUT2D eigenvalue weighted by atomic mass is 19.1. The summed E-state index contributed by atoms with van der Waals surface area (Å²) in [6.07, 6.45) is 5.23. The molecule has 2 aliphatic rings. The number of carbonyl (C=O) groups is 2. The molecule has 1 heterocycles. The Hall–Kier alpha value is -2.11. The summed E-state index contributed by atoms with van der Waals surface area (Å²) >= 11 is 0. The van der Waals surface area contributed by atoms with E-state index in [0.29, 0.717) is 31.9 Å². The maximum Gasteiger partial charge on any atom is 0.245 e. The smallest absolute Gasteiger partial charge is 0.245 e. The highest BCUT2D eigenvalue weighted by Crippen LogP contribution is 2.24. The molecular weight excluding hydrogens is 357 g/mol. The molecule has 1 N–H and O–H groups in total. The molecule has 1 saturated carbocycles. The van der Waals surface area contributed by atoms with Crippen molar-refractivity contribution in [1.82, 2.24) is 10.2 Å². The standard InChI is InChI=1S/C22H32FN3O2/c1-16(2)20(24-21(27)17-8-4-3-5-9-17)22(28)26-14-12-25(13-15-26)19-11-7-6-10-18(19)23/h6-7,10-11,16-17,20H,3-5,8-9,12-15H2,1-2H3,(H,24,27). The fourth-order valence-corrected chi connectivity index (χ4v) is 4.22. The van der Waals surface area contributed by atoms with Crippen LogP contribution in [0.5, 0.6) is 0 Å². The molecule has 0 radical (unpaired) electrons. The SMILES string of the molecule is CC(C)C(NC(=O)C1CCCCC1)C(=O)N1CCN(c2ccccc2F)CC1. The van der Waals surface area contributed by atoms with Crippen molar-refractivity contribution < 1.29 is 14.0 Å². The molecule has 1 aromatic rings. The van der Waals surface area contributed by atoms with Gasteiger partial charge in [0.1, 0.15) is 11.9 Å². The predicted octanol–water partition coefficient (Wildman–Crippen LogP) is 3.20. The Morgan fingerprint density at radius 3 is 2.29 bits per heavy atom. The predicted molar refractivity (Wildman–Crippen MR) is 109 cm³/mol. The van der Waals surface area contributed by atoms with E-state index in [9.17, 15) is 14.0 Å². The second-order valence-corrected chi connectivity index (χ2v) is 8.33. The third kappa shape index (κ3) is 4.83. The van der Waals surface area contributed by atoms with Crippen molar-refractivity contribution >= 4 is 17.5 Å². The summed E-state index contributed by atoms with van der Waals surface area (Å²) in [5, 5.41) is 3.03. The molecule has 0 bridgehead atoms. The monoisotopic (exact) mass is 389 g/mol. The third-order valence-corrected chi connectivity index (χ3v) is 5.99. The Bertz CT molecular complexity index is 680. The van der Waals surface area contributed by atoms with Crippen LogP contribution in [0.1, 0.15) is 46.0 Å². The number of nitrogens with one attached hydrogen (secondary N) is 1. The summed E-state index contributed by atoms with van der Waals surface area (Å²) in [7, 11) is 0. The number of carbonyl (C=O) groups excluding carboxylic acids is 2. The Morgan fingerprint density at radius 1 is 1.04 bits per heavy atom. The summed E-state index contributed by atoms with van der Waals surface area (Å²) < 4.78 is 14.0. The van der Waals surface area contributed by atoms with E-state index >= 15 is 0 Å². The first kappa shape index (κ1) is 20.6. The largest absolute Gasteiger partial charge is 0.366 e. The van der Waals surface area contributed by atoms with E-state index in [1.807, 2.05) is 29.7 Å². The minimum Gasteiger partial charge on any atom is -0.366 e. The van der Waals surface area contributed by atoms with Gasteiger partial charge in [-0.1, -0.05) is 45.2 Å². The number of nitrogens with zero attached hydrogens (tertiary/aromatic N) is 2. The van der Waals surface area contributed by atoms with Gasteiger partial charge in [-0.2, -0.15) is 0 Å². The molecule has 6 heteroatoms. The van der Waals surface area contributed by atoms with Crippen LogP contribution in [-0.2, 0) is 9.59 Å². The van der Waals surface area contributed by atoms with Crippen LogP contribution in [0.25, 0.3) is 0 Å². The molecule has 1 atom stereocenters. The number of piperazine rings is 1. The van der Waals surface area contributed by atoms with E-state index in [1.165, 1.54) is 12.5 Å². The Kier molecular flexibility index (Phi) is 6.92. The second kappa shape index (κ2) is 9.39. The van der Waals surface area contributed by atoms with Gasteiger partial charge in [-0.15, -0.1) is 0 Å². The van der Waals surface area contributed by atoms with Crippen molar-refractivity contribution in [2.45, 2.75) is 52.0 Å². The molecular formula is C22H32FN3O2. The Balaban J connectivity index is 1.58. The molecule has 154 valence electrons. The maximum absolute atomic E-state index is 14.0. The Morgan fingerprint density at radius 2 is 1.68 bits per heavy atom. The summed E-state index contributed by atoms with van der Waals surface area (Å²) in [4.78, 5) is 29.5. The molecule has 3 rings (SSSR count). The van der Waals surface area contributed by atoms with Crippen LogP contribution < -0.4 is 10.2 Å². The quantitative estimate of drug-likeness (QED) is 0.841. The molecule has 1 unspecified atom stereocenters. The van der Waals surface area contributed by atoms with E-state index in [0.717, 1.165) is 25.7 Å². The van der Waals surface area contributed by atoms with Crippen molar-refractivity contribution in [3.63, 3.8) is 0 Å². The maximum atomic E-state index is 14.0. The molecule has 2 fully saturated rings. The van der Waals surface area contributed by atoms with Gasteiger partial charge in [-0.25, -0.2) is 4.39 Å². The zero-order valence-electron chi connectivity index (χ0n) is 17.0. The van der Waals surface area contributed by atoms with Crippen molar-refractivity contribution in [3.8, 4) is 0 Å². The van der Waals surface area contributed by atoms with Gasteiger partial charge >= 0.3 is 0 Å². The highest BCUT2D eigenvalue weighted by Gasteiger charge is 2.33. The van der Waals surface area contributed by atoms with E-state index < -0.39 is 6.04 Å². The number of hydrogen-bond donors (Lipinski definition) is 1. The molecule has 0 spiro atoms. The molecule has 0 aromatic heterocycles. The van der Waals surface area contributed by atoms with Gasteiger partial charge < -0.3 is 15.1 Å². The number of rotatable bonds is 5. The summed E-state index contributed by atoms with van der Waals surface area (Å²) in [5.41, 5.74) is 0.584. The van der Waals surface area contributed by atoms with Crippen LogP contribution in [-0.4, -0.2) is 48.9 Å². The van der Waals surface area contributed by atoms with Gasteiger partial charge in [0.25, 0.3) is 0 Å². The fourth-order valence-electron chi connectivity index (χ4n) is 4.22. The van der Waals surface area contributed by atoms with Gasteiger partial charge in [0.15, 0.2) is 0 Å². The lowest BCUT2D eigenvalue weighted by Crippen LogP contribution is -2.57. The molecule has 1 aliphatic carbocycles. The second-order valence-electron chi connectivity index (χ2n) is 8.33. The zero-order valence-corrected chi connectivity index (χ0v) is 17.0. The third-order valence-electron chi connectivity index (χ3n) is 5.99. The average Bonchev–Trinajstić information content (AvgIpc) is 2.72. The minimum absolute atomic E-state index is 0.0210. The van der Waals surface area contributed by atoms with E-state index in [1.54, 1.807) is 12.1 Å². The van der Waals surface area contributed by atoms with Gasteiger partial charge in [-0.05, 0) is 30.9 Å². The van der Waals surface area contributed by atoms with E-state index in [4.69, 9.17) is 0 Å². The van der Waals surface area contributed by atoms with Crippen LogP contribution in [0, 0.1) is 17.7 Å². The van der Waals surface area contributed by atoms with Crippen LogP contribution in [0.4, 0.5) is 10.1 Å². The zero-order chi connectivity index (χ0) is 20.1. The molecule has 28 heavy (non-hydrogen) atoms. The van der Waals surface area contributed by atoms with Crippen LogP contribution >= 0.6 is 0 Å². The number of hydrogen-bond acceptors (Lipinski definition) is 3. The number of para-hydroxylation sites is 1. The average molecular weight is 390 g/mol. The first-order chi connectivity index (χ1) is 13.5. The number of amides is 2. The van der Waals surface area contributed by atoms with E-state index in [2.05, 4.69) is 5.32 Å². The fraction of sp³-hybridized carbons (Fsp3) is 0.636. The Labute approximate surface area is 167 Å². The van der Waals surface area contributed by atoms with Gasteiger partial charge in [0, 0.05) is 32.1 Å². The van der Waals surface area contributed by atoms with Gasteiger partial charge in [0.05, 0.1) is 5.69 Å². The lowest BCUT2D eigenvalue weighted by Gasteiger charge is -2.38. The topological polar surface area (TPSA) is 52.7 Å². The number of anilines is 1. The molecule has 2 amide bonds. The first-order valence-electron chi connectivity index (χ1n) is 10.6. The van der Waals surface area contributed by atoms with Gasteiger partial charge in [-0.3, -0.25) is 9.59 Å². The highest BCUT2D eigenvalue weighted by molar-refractivity contribution is 5.89. The van der Waals surface area contributed by atoms with E-state index in [-0.39, 0.29) is 29.5 Å². The molecule has 1 aromatic carbocycles. The van der Waals surface area contributed by atoms with Crippen LogP contribution in [0.15, 0.2) is 24.3 Å². The van der Waals surface area contributed by atoms with Gasteiger partial charge in [0.2, 0.25) is 11.8 Å². The van der Waals surface area contributed by atoms with Crippen LogP contribution in [0.2, 0.25) is 0 Å². The molecule has 5 nitrogen and oxygen atoms in total. The van der Waals surface area contributed by atoms with Crippen molar-refractivity contribution in [1.29, 1.82) is 0 Å². The summed E-state index contributed by atoms with van der Waals surface area (Å²) in [6.45, 7) is 6.20. The van der Waals surface area contributed by atoms with Crippen molar-refractivity contribution in [2.75, 3.05) is 31.1 Å². The molecule has 1 aliphatic heterocycles. The molecule has 1 saturated heterocycles. The van der Waals surface area contributed by atoms with Crippen molar-refractivity contribution in [2.24, 2.45) is 11.8 Å². The summed E-state index contributed by atoms with van der Waals surface area (Å²) in [6, 6.07) is 6.25.